The number of nitrogens with one attached hydrogen (secondary N) is 2. The molecule has 0 radical (unpaired) electrons. The second-order valence-electron chi connectivity index (χ2n) is 6.28. The van der Waals surface area contributed by atoms with Crippen LogP contribution in [-0.4, -0.2) is 21.5 Å². The molecule has 1 heterocycles. The van der Waals surface area contributed by atoms with E-state index in [9.17, 15) is 0 Å². The minimum absolute atomic E-state index is 0.0615. The molecule has 0 saturated carbocycles. The first kappa shape index (κ1) is 17.6. The summed E-state index contributed by atoms with van der Waals surface area (Å²) in [6.45, 7) is 0. The summed E-state index contributed by atoms with van der Waals surface area (Å²) in [7, 11) is 0. The number of amidine groups is 1. The number of rotatable bonds is 3. The SMILES string of the molecule is N=C(N)c1cccc2c1CCC2=Nc1nc(N)[nH]c1-c1cc(Cl)cc(Cl)c1. The van der Waals surface area contributed by atoms with Crippen LogP contribution < -0.4 is 11.5 Å². The molecule has 0 fully saturated rings. The lowest BCUT2D eigenvalue weighted by Gasteiger charge is -2.06. The van der Waals surface area contributed by atoms with Crippen LogP contribution in [0.4, 0.5) is 11.8 Å². The van der Waals surface area contributed by atoms with Crippen molar-refractivity contribution in [1.29, 1.82) is 5.41 Å². The third kappa shape index (κ3) is 3.29. The molecule has 6 N–H and O–H groups in total. The Bertz CT molecular complexity index is 1080. The maximum atomic E-state index is 7.76. The molecular weight excluding hydrogens is 383 g/mol. The van der Waals surface area contributed by atoms with Crippen molar-refractivity contribution in [3.63, 3.8) is 0 Å². The fourth-order valence-corrected chi connectivity index (χ4v) is 3.89. The highest BCUT2D eigenvalue weighted by Gasteiger charge is 2.22. The Balaban J connectivity index is 1.82. The molecule has 1 aromatic heterocycles. The van der Waals surface area contributed by atoms with Gasteiger partial charge >= 0.3 is 0 Å². The van der Waals surface area contributed by atoms with Gasteiger partial charge in [-0.2, -0.15) is 4.98 Å². The van der Waals surface area contributed by atoms with Gasteiger partial charge in [0, 0.05) is 21.2 Å². The first-order valence-corrected chi connectivity index (χ1v) is 9.04. The normalized spacial score (nSPS) is 14.5. The van der Waals surface area contributed by atoms with Crippen LogP contribution >= 0.6 is 23.2 Å². The maximum absolute atomic E-state index is 7.76. The van der Waals surface area contributed by atoms with Crippen molar-refractivity contribution in [1.82, 2.24) is 9.97 Å². The minimum atomic E-state index is 0.0615. The van der Waals surface area contributed by atoms with Crippen LogP contribution in [-0.2, 0) is 6.42 Å². The molecule has 0 amide bonds. The highest BCUT2D eigenvalue weighted by Crippen LogP contribution is 2.35. The van der Waals surface area contributed by atoms with E-state index in [2.05, 4.69) is 9.97 Å². The molecule has 136 valence electrons. The number of hydrogen-bond donors (Lipinski definition) is 4. The second kappa shape index (κ2) is 6.72. The molecular formula is C19H16Cl2N6. The quantitative estimate of drug-likeness (QED) is 0.388. The monoisotopic (exact) mass is 398 g/mol. The number of fused-ring (bicyclic) bond motifs is 1. The van der Waals surface area contributed by atoms with Crippen molar-refractivity contribution in [2.45, 2.75) is 12.8 Å². The summed E-state index contributed by atoms with van der Waals surface area (Å²) >= 11 is 12.3. The third-order valence-electron chi connectivity index (χ3n) is 4.48. The van der Waals surface area contributed by atoms with E-state index in [-0.39, 0.29) is 11.8 Å². The van der Waals surface area contributed by atoms with E-state index in [1.165, 1.54) is 0 Å². The second-order valence-corrected chi connectivity index (χ2v) is 7.16. The van der Waals surface area contributed by atoms with Gasteiger partial charge in [-0.15, -0.1) is 0 Å². The van der Waals surface area contributed by atoms with Crippen LogP contribution in [0.15, 0.2) is 41.4 Å². The number of anilines is 1. The highest BCUT2D eigenvalue weighted by atomic mass is 35.5. The zero-order valence-electron chi connectivity index (χ0n) is 14.2. The predicted octanol–water partition coefficient (Wildman–Crippen LogP) is 4.32. The molecule has 27 heavy (non-hydrogen) atoms. The fraction of sp³-hybridized carbons (Fsp3) is 0.105. The van der Waals surface area contributed by atoms with Crippen LogP contribution in [0.5, 0.6) is 0 Å². The van der Waals surface area contributed by atoms with Gasteiger partial charge in [0.1, 0.15) is 5.84 Å². The Labute approximate surface area is 165 Å². The summed E-state index contributed by atoms with van der Waals surface area (Å²) in [6.07, 6.45) is 1.52. The van der Waals surface area contributed by atoms with Gasteiger partial charge in [-0.05, 0) is 42.2 Å². The van der Waals surface area contributed by atoms with Gasteiger partial charge in [0.05, 0.1) is 11.4 Å². The summed E-state index contributed by atoms with van der Waals surface area (Å²) in [5.74, 6) is 0.796. The molecule has 6 nitrogen and oxygen atoms in total. The molecule has 1 aliphatic carbocycles. The number of nitrogen functional groups attached to an aromatic ring is 2. The topological polar surface area (TPSA) is 117 Å². The van der Waals surface area contributed by atoms with Gasteiger partial charge < -0.3 is 16.5 Å². The summed E-state index contributed by atoms with van der Waals surface area (Å²) in [4.78, 5) is 12.1. The van der Waals surface area contributed by atoms with Crippen LogP contribution in [0.25, 0.3) is 11.3 Å². The average molecular weight is 399 g/mol. The molecule has 0 atom stereocenters. The predicted molar refractivity (Wildman–Crippen MR) is 110 cm³/mol. The lowest BCUT2D eigenvalue weighted by molar-refractivity contribution is 1.08. The van der Waals surface area contributed by atoms with E-state index >= 15 is 0 Å². The Hall–Kier alpha value is -2.83. The first-order valence-electron chi connectivity index (χ1n) is 8.28. The van der Waals surface area contributed by atoms with Crippen molar-refractivity contribution in [3.8, 4) is 11.3 Å². The van der Waals surface area contributed by atoms with E-state index in [0.717, 1.165) is 40.8 Å². The number of imidazole rings is 1. The van der Waals surface area contributed by atoms with E-state index in [1.807, 2.05) is 18.2 Å². The van der Waals surface area contributed by atoms with Gasteiger partial charge in [-0.3, -0.25) is 5.41 Å². The van der Waals surface area contributed by atoms with Gasteiger partial charge in [0.2, 0.25) is 0 Å². The number of aromatic nitrogens is 2. The molecule has 4 rings (SSSR count). The molecule has 0 aliphatic heterocycles. The van der Waals surface area contributed by atoms with Crippen LogP contribution in [0.1, 0.15) is 23.1 Å². The number of aromatic amines is 1. The van der Waals surface area contributed by atoms with Crippen molar-refractivity contribution < 1.29 is 0 Å². The molecule has 3 aromatic rings. The Morgan fingerprint density at radius 3 is 2.59 bits per heavy atom. The number of nitrogens with zero attached hydrogens (tertiary/aromatic N) is 2. The summed E-state index contributed by atoms with van der Waals surface area (Å²) in [5.41, 5.74) is 16.7. The van der Waals surface area contributed by atoms with E-state index < -0.39 is 0 Å². The van der Waals surface area contributed by atoms with E-state index in [4.69, 9.17) is 45.1 Å². The fourth-order valence-electron chi connectivity index (χ4n) is 3.36. The number of halogens is 2. The van der Waals surface area contributed by atoms with Gasteiger partial charge in [0.15, 0.2) is 11.8 Å². The minimum Gasteiger partial charge on any atom is -0.384 e. The standard InChI is InChI=1S/C19H16Cl2N6/c20-10-6-9(7-11(21)8-10)16-18(27-19(24)26-16)25-15-5-4-12-13(15)2-1-3-14(12)17(22)23/h1-3,6-8H,4-5H2,(H3,22,23)(H3,24,26,27). The zero-order chi connectivity index (χ0) is 19.1. The van der Waals surface area contributed by atoms with E-state index in [1.54, 1.807) is 18.2 Å². The van der Waals surface area contributed by atoms with Gasteiger partial charge in [-0.1, -0.05) is 41.4 Å². The van der Waals surface area contributed by atoms with Crippen molar-refractivity contribution in [3.05, 3.63) is 63.1 Å². The van der Waals surface area contributed by atoms with Crippen molar-refractivity contribution >= 4 is 46.5 Å². The van der Waals surface area contributed by atoms with Gasteiger partial charge in [0.25, 0.3) is 0 Å². The summed E-state index contributed by atoms with van der Waals surface area (Å²) in [5, 5.41) is 8.79. The molecule has 1 aliphatic rings. The molecule has 0 bridgehead atoms. The Morgan fingerprint density at radius 2 is 1.89 bits per heavy atom. The van der Waals surface area contributed by atoms with Crippen molar-refractivity contribution in [2.75, 3.05) is 5.73 Å². The van der Waals surface area contributed by atoms with Crippen LogP contribution in [0.3, 0.4) is 0 Å². The largest absolute Gasteiger partial charge is 0.384 e. The Kier molecular flexibility index (Phi) is 4.37. The highest BCUT2D eigenvalue weighted by molar-refractivity contribution is 6.35. The van der Waals surface area contributed by atoms with E-state index in [0.29, 0.717) is 21.6 Å². The number of benzene rings is 2. The summed E-state index contributed by atoms with van der Waals surface area (Å²) in [6, 6.07) is 10.9. The number of H-pyrrole nitrogens is 1. The lowest BCUT2D eigenvalue weighted by atomic mass is 10.0. The summed E-state index contributed by atoms with van der Waals surface area (Å²) < 4.78 is 0. The molecule has 8 heteroatoms. The van der Waals surface area contributed by atoms with Crippen LogP contribution in [0.2, 0.25) is 10.0 Å². The molecule has 0 spiro atoms. The Morgan fingerprint density at radius 1 is 1.15 bits per heavy atom. The van der Waals surface area contributed by atoms with Crippen LogP contribution in [0, 0.1) is 5.41 Å². The first-order chi connectivity index (χ1) is 12.9. The molecule has 0 saturated heterocycles. The average Bonchev–Trinajstić information content (AvgIpc) is 3.17. The number of hydrogen-bond acceptors (Lipinski definition) is 4. The van der Waals surface area contributed by atoms with Crippen molar-refractivity contribution in [2.24, 2.45) is 10.7 Å². The number of nitrogens with two attached hydrogens (primary N) is 2. The molecule has 2 aromatic carbocycles. The maximum Gasteiger partial charge on any atom is 0.200 e. The number of aliphatic imine (C=N–C) groups is 1. The molecule has 0 unspecified atom stereocenters. The van der Waals surface area contributed by atoms with Gasteiger partial charge in [-0.25, -0.2) is 4.99 Å². The third-order valence-corrected chi connectivity index (χ3v) is 4.92. The lowest BCUT2D eigenvalue weighted by Crippen LogP contribution is -2.13. The smallest absolute Gasteiger partial charge is 0.200 e. The zero-order valence-corrected chi connectivity index (χ0v) is 15.7.